The van der Waals surface area contributed by atoms with Gasteiger partial charge in [-0.25, -0.2) is 4.79 Å². The monoisotopic (exact) mass is 1950 g/mol. The van der Waals surface area contributed by atoms with E-state index in [0.717, 1.165) is 0 Å². The fourth-order valence-electron chi connectivity index (χ4n) is 13.5. The summed E-state index contributed by atoms with van der Waals surface area (Å²) < 4.78 is 0. The zero-order chi connectivity index (χ0) is 107. The van der Waals surface area contributed by atoms with E-state index < -0.39 is 310 Å². The van der Waals surface area contributed by atoms with E-state index in [9.17, 15) is 125 Å². The molecule has 1 aliphatic heterocycles. The molecule has 0 saturated carbocycles. The minimum Gasteiger partial charge on any atom is -0.481 e. The number of nitrogens with zero attached hydrogens (tertiary/aromatic N) is 1. The van der Waals surface area contributed by atoms with Crippen molar-refractivity contribution in [2.75, 3.05) is 13.1 Å². The Hall–Kier alpha value is -13.5. The lowest BCUT2D eigenvalue weighted by Gasteiger charge is -2.36. The van der Waals surface area contributed by atoms with Gasteiger partial charge in [0.25, 0.3) is 0 Å². The third-order valence-corrected chi connectivity index (χ3v) is 22.1. The number of aliphatic carboxylic acids is 2. The molecule has 25 N–H and O–H groups in total. The summed E-state index contributed by atoms with van der Waals surface area (Å²) in [6.07, 6.45) is -2.92. The maximum Gasteiger partial charge on any atom is 0.326 e. The van der Waals surface area contributed by atoms with Crippen molar-refractivity contribution >= 4 is 142 Å². The summed E-state index contributed by atoms with van der Waals surface area (Å²) in [7, 11) is 0. The Bertz CT molecular complexity index is 4700. The van der Waals surface area contributed by atoms with Crippen LogP contribution in [0, 0.1) is 17.8 Å². The molecule has 48 heteroatoms. The average Bonchev–Trinajstić information content (AvgIpc) is 1.63. The van der Waals surface area contributed by atoms with Crippen LogP contribution in [-0.4, -0.2) is 281 Å². The molecule has 11 atom stereocenters. The quantitative estimate of drug-likeness (QED) is 0.0291. The molecule has 2 rings (SSSR count). The summed E-state index contributed by atoms with van der Waals surface area (Å²) in [4.78, 5) is 324. The first kappa shape index (κ1) is 121. The molecule has 1 aliphatic rings. The maximum absolute atomic E-state index is 14.6. The Kier molecular flexibility index (Phi) is 44.6. The molecule has 22 amide bonds. The number of nitrogens with two attached hydrogens (primary N) is 2. The average molecular weight is 1950 g/mol. The second kappa shape index (κ2) is 51.1. The second-order valence-electron chi connectivity index (χ2n) is 39.9. The van der Waals surface area contributed by atoms with Crippen LogP contribution in [0.1, 0.15) is 243 Å². The van der Waals surface area contributed by atoms with E-state index in [2.05, 4.69) is 101 Å². The Morgan fingerprint density at radius 1 is 0.370 bits per heavy atom. The van der Waals surface area contributed by atoms with Gasteiger partial charge in [0.1, 0.15) is 111 Å². The molecule has 0 radical (unpaired) electrons. The number of hydrogen-bond donors (Lipinski definition) is 23. The van der Waals surface area contributed by atoms with Crippen LogP contribution in [0.5, 0.6) is 0 Å². The third kappa shape index (κ3) is 38.6. The Balaban J connectivity index is 2.17. The molecular formula is C90H146N22O26. The number of benzene rings is 1. The highest BCUT2D eigenvalue weighted by Gasteiger charge is 2.48. The van der Waals surface area contributed by atoms with Crippen molar-refractivity contribution in [3.8, 4) is 0 Å². The third-order valence-electron chi connectivity index (χ3n) is 22.1. The number of rotatable bonds is 54. The molecule has 0 aliphatic carbocycles. The van der Waals surface area contributed by atoms with Crippen molar-refractivity contribution in [2.24, 2.45) is 29.2 Å². The van der Waals surface area contributed by atoms with Gasteiger partial charge in [-0.3, -0.25) is 110 Å². The van der Waals surface area contributed by atoms with Crippen LogP contribution in [0.2, 0.25) is 0 Å². The van der Waals surface area contributed by atoms with E-state index >= 15 is 0 Å². The zero-order valence-corrected chi connectivity index (χ0v) is 83.7. The van der Waals surface area contributed by atoms with Crippen LogP contribution in [0.4, 0.5) is 0 Å². The molecular weight excluding hydrogens is 1810 g/mol. The normalized spacial score (nSPS) is 15.3. The van der Waals surface area contributed by atoms with Crippen LogP contribution in [0.25, 0.3) is 0 Å². The molecule has 1 heterocycles. The molecule has 138 heavy (non-hydrogen) atoms. The predicted molar refractivity (Wildman–Crippen MR) is 498 cm³/mol. The van der Waals surface area contributed by atoms with E-state index in [1.165, 1.54) is 143 Å². The summed E-state index contributed by atoms with van der Waals surface area (Å²) >= 11 is 0. The smallest absolute Gasteiger partial charge is 0.326 e. The van der Waals surface area contributed by atoms with Crippen LogP contribution in [-0.2, 0) is 121 Å². The highest BCUT2D eigenvalue weighted by Crippen LogP contribution is 2.25. The standard InChI is InChI=1S/C90H146N22O26/c1-44(2)41-55(70(125)108-90(25,26)82(138)112-40-30-33-57(112)71(126)102-62(45(3)4)72(127)110-89(23,24)81(137)111-88(21,22)79(135)101-53(36-39-61(117)118)68(123)99-52(34-37-58(91)114)67(122)100-56(74(129)130)42-51-31-28-27-29-32-51)97-60(116)43-93-75(131)83(11,12)109-73(128)63(46(5)6)103-80(136)87(19,20)107-69(124)54(35-38-59(92)115)98-64(119)47(7)94-77(133)85(15,16)105-66(121)49(9)96-78(134)86(17,18)106-65(120)48(8)95-76(132)84(13,14)104-50(10)113/h27-29,31-32,44-49,52-57,62-63H,30,33-43H2,1-26H3,(H2,91,114)(H2,92,115)(H,93,131)(H,94,133)(H,95,132)(H,96,134)(H,97,116)(H,98,119)(H,99,123)(H,100,122)(H,101,135)(H,102,126)(H,103,136)(H,104,113)(H,105,121)(H,106,120)(H,107,124)(H,108,125)(H,109,128)(H,110,127)(H,111,137)(H,117,118)(H,129,130). The molecule has 772 valence electrons. The van der Waals surface area contributed by atoms with Crippen LogP contribution < -0.4 is 112 Å². The van der Waals surface area contributed by atoms with Gasteiger partial charge in [-0.05, 0) is 193 Å². The Morgan fingerprint density at radius 3 is 1.16 bits per heavy atom. The molecule has 1 aromatic rings. The van der Waals surface area contributed by atoms with Crippen molar-refractivity contribution in [1.82, 2.24) is 106 Å². The van der Waals surface area contributed by atoms with Gasteiger partial charge in [0, 0.05) is 39.2 Å². The fraction of sp³-hybridized carbons (Fsp3) is 0.667. The van der Waals surface area contributed by atoms with Gasteiger partial charge in [-0.1, -0.05) is 71.9 Å². The molecule has 1 aromatic carbocycles. The molecule has 48 nitrogen and oxygen atoms in total. The van der Waals surface area contributed by atoms with Crippen molar-refractivity contribution < 1.29 is 125 Å². The summed E-state index contributed by atoms with van der Waals surface area (Å²) in [5.41, 5.74) is -2.95. The van der Waals surface area contributed by atoms with Crippen LogP contribution >= 0.6 is 0 Å². The lowest BCUT2D eigenvalue weighted by atomic mass is 9.96. The number of likely N-dealkylation sites (tertiary alicyclic amines) is 1. The SMILES string of the molecule is CC(=O)NC(C)(C)C(=O)NC(C)C(=O)NC(C)(C)C(=O)NC(C)C(=O)NC(C)(C)C(=O)NC(C)C(=O)NC(CCC(N)=O)C(=O)NC(C)(C)C(=O)NC(C(=O)NC(C)(C)C(=O)NCC(=O)NC(CC(C)C)C(=O)NC(C)(C)C(=O)N1CCCC1C(=O)NC(C(=O)NC(C)(C)C(=O)NC(C)(C)C(=O)NC(CCC(=O)O)C(=O)NC(CCC(N)=O)C(=O)NC(Cc1ccccc1)C(=O)O)C(C)C)C(C)C. The highest BCUT2D eigenvalue weighted by atomic mass is 16.4. The first-order valence-corrected chi connectivity index (χ1v) is 45.3. The number of primary amides is 2. The number of carboxylic acids is 2. The number of carboxylic acid groups (broad SMARTS) is 2. The van der Waals surface area contributed by atoms with E-state index in [0.29, 0.717) is 12.0 Å². The summed E-state index contributed by atoms with van der Waals surface area (Å²) in [5, 5.41) is 66.8. The van der Waals surface area contributed by atoms with Gasteiger partial charge < -0.3 is 128 Å². The lowest BCUT2D eigenvalue weighted by molar-refractivity contribution is -0.146. The lowest BCUT2D eigenvalue weighted by Crippen LogP contribution is -2.66. The van der Waals surface area contributed by atoms with E-state index in [4.69, 9.17) is 11.5 Å². The number of nitrogens with one attached hydrogen (secondary N) is 19. The number of amides is 22. The fourth-order valence-corrected chi connectivity index (χ4v) is 13.5. The van der Waals surface area contributed by atoms with Crippen molar-refractivity contribution in [3.63, 3.8) is 0 Å². The number of hydrogen-bond acceptors (Lipinski definition) is 24. The van der Waals surface area contributed by atoms with Crippen LogP contribution in [0.15, 0.2) is 30.3 Å². The van der Waals surface area contributed by atoms with Gasteiger partial charge in [-0.2, -0.15) is 0 Å². The summed E-state index contributed by atoms with van der Waals surface area (Å²) in [5.74, 6) is -24.2. The topological polar surface area (TPSA) is 734 Å². The van der Waals surface area contributed by atoms with E-state index in [1.54, 1.807) is 71.9 Å². The van der Waals surface area contributed by atoms with Gasteiger partial charge in [0.05, 0.1) is 6.54 Å². The van der Waals surface area contributed by atoms with Crippen molar-refractivity contribution in [1.29, 1.82) is 0 Å². The second-order valence-corrected chi connectivity index (χ2v) is 39.9. The first-order chi connectivity index (χ1) is 63.0. The van der Waals surface area contributed by atoms with Gasteiger partial charge in [-0.15, -0.1) is 0 Å². The highest BCUT2D eigenvalue weighted by molar-refractivity contribution is 6.05. The van der Waals surface area contributed by atoms with Gasteiger partial charge in [0.2, 0.25) is 130 Å². The number of carbonyl (C=O) groups is 24. The molecule has 0 bridgehead atoms. The molecule has 11 unspecified atom stereocenters. The first-order valence-electron chi connectivity index (χ1n) is 45.3. The predicted octanol–water partition coefficient (Wildman–Crippen LogP) is -4.74. The molecule has 1 saturated heterocycles. The van der Waals surface area contributed by atoms with Gasteiger partial charge >= 0.3 is 11.9 Å². The summed E-state index contributed by atoms with van der Waals surface area (Å²) in [6.45, 7) is 34.9. The maximum atomic E-state index is 14.6. The molecule has 0 aromatic heterocycles. The zero-order valence-electron chi connectivity index (χ0n) is 83.7. The minimum absolute atomic E-state index is 0.00446. The van der Waals surface area contributed by atoms with Crippen molar-refractivity contribution in [3.05, 3.63) is 35.9 Å². The minimum atomic E-state index is -1.96. The Labute approximate surface area is 802 Å². The molecule has 0 spiro atoms. The van der Waals surface area contributed by atoms with E-state index in [1.807, 2.05) is 0 Å². The Morgan fingerprint density at radius 2 is 0.725 bits per heavy atom. The largest absolute Gasteiger partial charge is 0.481 e. The molecule has 1 fully saturated rings. The van der Waals surface area contributed by atoms with Gasteiger partial charge in [0.15, 0.2) is 0 Å². The van der Waals surface area contributed by atoms with E-state index in [-0.39, 0.29) is 31.7 Å². The number of carbonyl (C=O) groups excluding carboxylic acids is 22. The van der Waals surface area contributed by atoms with Crippen LogP contribution in [0.3, 0.4) is 0 Å². The van der Waals surface area contributed by atoms with Crippen molar-refractivity contribution in [2.45, 2.75) is 355 Å². The summed E-state index contributed by atoms with van der Waals surface area (Å²) in [6, 6.07) is -7.60.